The molecule has 1 rings (SSSR count). The first-order valence-electron chi connectivity index (χ1n) is 5.57. The third kappa shape index (κ3) is 4.34. The Hall–Kier alpha value is -1.01. The summed E-state index contributed by atoms with van der Waals surface area (Å²) in [5.74, 6) is -0.455. The molecule has 0 unspecified atom stereocenters. The quantitative estimate of drug-likeness (QED) is 0.722. The number of likely N-dealkylation sites (tertiary alicyclic amines) is 1. The van der Waals surface area contributed by atoms with Crippen LogP contribution in [-0.4, -0.2) is 48.3 Å². The number of methoxy groups -OCH3 is 1. The third-order valence-corrected chi connectivity index (χ3v) is 2.43. The lowest BCUT2D eigenvalue weighted by molar-refractivity contribution is -0.145. The van der Waals surface area contributed by atoms with Crippen molar-refractivity contribution in [1.82, 2.24) is 4.90 Å². The molecule has 2 atom stereocenters. The zero-order valence-corrected chi connectivity index (χ0v) is 12.0. The van der Waals surface area contributed by atoms with Gasteiger partial charge in [-0.15, -0.1) is 12.4 Å². The molecule has 0 spiro atoms. The number of hydrogen-bond donors (Lipinski definition) is 1. The van der Waals surface area contributed by atoms with E-state index >= 15 is 0 Å². The molecule has 0 aromatic carbocycles. The summed E-state index contributed by atoms with van der Waals surface area (Å²) in [6, 6.07) is -0.850. The van der Waals surface area contributed by atoms with Gasteiger partial charge < -0.3 is 15.2 Å². The molecule has 0 aromatic heterocycles. The number of ether oxygens (including phenoxy) is 2. The SMILES string of the molecule is COC(=O)[C@H]1C[C@@H](N)CN1C(=O)OC(C)(C)C.Cl. The fourth-order valence-corrected chi connectivity index (χ4v) is 1.75. The van der Waals surface area contributed by atoms with Gasteiger partial charge in [0.2, 0.25) is 0 Å². The summed E-state index contributed by atoms with van der Waals surface area (Å²) in [6.45, 7) is 5.63. The van der Waals surface area contributed by atoms with Gasteiger partial charge in [-0.05, 0) is 27.2 Å². The molecule has 1 amide bonds. The second-order valence-corrected chi connectivity index (χ2v) is 5.17. The van der Waals surface area contributed by atoms with E-state index < -0.39 is 23.7 Å². The summed E-state index contributed by atoms with van der Waals surface area (Å²) < 4.78 is 9.87. The van der Waals surface area contributed by atoms with Crippen LogP contribution in [0.3, 0.4) is 0 Å². The standard InChI is InChI=1S/C11H20N2O4.ClH/c1-11(2,3)17-10(15)13-6-7(12)5-8(13)9(14)16-4;/h7-8H,5-6,12H2,1-4H3;1H/t7-,8-;/m1./s1. The third-order valence-electron chi connectivity index (χ3n) is 2.43. The highest BCUT2D eigenvalue weighted by Crippen LogP contribution is 2.21. The van der Waals surface area contributed by atoms with Crippen molar-refractivity contribution in [3.8, 4) is 0 Å². The maximum atomic E-state index is 11.9. The van der Waals surface area contributed by atoms with E-state index in [1.807, 2.05) is 0 Å². The Kier molecular flexibility index (Phi) is 5.89. The Labute approximate surface area is 113 Å². The van der Waals surface area contributed by atoms with Crippen molar-refractivity contribution in [2.45, 2.75) is 44.9 Å². The van der Waals surface area contributed by atoms with Gasteiger partial charge in [-0.3, -0.25) is 4.90 Å². The van der Waals surface area contributed by atoms with E-state index in [1.54, 1.807) is 20.8 Å². The van der Waals surface area contributed by atoms with Crippen LogP contribution >= 0.6 is 12.4 Å². The highest BCUT2D eigenvalue weighted by Gasteiger charge is 2.40. The van der Waals surface area contributed by atoms with Crippen LogP contribution in [0, 0.1) is 0 Å². The van der Waals surface area contributed by atoms with Crippen molar-refractivity contribution in [1.29, 1.82) is 0 Å². The first-order chi connectivity index (χ1) is 7.74. The molecule has 7 heteroatoms. The maximum absolute atomic E-state index is 11.9. The van der Waals surface area contributed by atoms with E-state index in [2.05, 4.69) is 4.74 Å². The zero-order valence-electron chi connectivity index (χ0n) is 11.1. The summed E-state index contributed by atoms with van der Waals surface area (Å²) in [7, 11) is 1.29. The van der Waals surface area contributed by atoms with Crippen LogP contribution in [0.5, 0.6) is 0 Å². The highest BCUT2D eigenvalue weighted by atomic mass is 35.5. The van der Waals surface area contributed by atoms with E-state index in [0.717, 1.165) is 0 Å². The monoisotopic (exact) mass is 280 g/mol. The minimum Gasteiger partial charge on any atom is -0.467 e. The number of amides is 1. The first kappa shape index (κ1) is 17.0. The fraction of sp³-hybridized carbons (Fsp3) is 0.818. The fourth-order valence-electron chi connectivity index (χ4n) is 1.75. The van der Waals surface area contributed by atoms with E-state index in [4.69, 9.17) is 10.5 Å². The molecule has 0 bridgehead atoms. The maximum Gasteiger partial charge on any atom is 0.411 e. The lowest BCUT2D eigenvalue weighted by Gasteiger charge is -2.27. The Morgan fingerprint density at radius 2 is 1.89 bits per heavy atom. The average molecular weight is 281 g/mol. The zero-order chi connectivity index (χ0) is 13.2. The molecule has 18 heavy (non-hydrogen) atoms. The van der Waals surface area contributed by atoms with Crippen molar-refractivity contribution < 1.29 is 19.1 Å². The van der Waals surface area contributed by atoms with Gasteiger partial charge in [-0.1, -0.05) is 0 Å². The lowest BCUT2D eigenvalue weighted by Crippen LogP contribution is -2.44. The van der Waals surface area contributed by atoms with Crippen LogP contribution in [0.2, 0.25) is 0 Å². The number of nitrogens with two attached hydrogens (primary N) is 1. The van der Waals surface area contributed by atoms with Crippen molar-refractivity contribution in [2.24, 2.45) is 5.73 Å². The lowest BCUT2D eigenvalue weighted by atomic mass is 10.2. The van der Waals surface area contributed by atoms with Gasteiger partial charge in [0.1, 0.15) is 11.6 Å². The number of hydrogen-bond acceptors (Lipinski definition) is 5. The molecular weight excluding hydrogens is 260 g/mol. The normalized spacial score (nSPS) is 23.3. The van der Waals surface area contributed by atoms with Crippen LogP contribution in [-0.2, 0) is 14.3 Å². The van der Waals surface area contributed by atoms with E-state index in [0.29, 0.717) is 13.0 Å². The van der Waals surface area contributed by atoms with E-state index in [9.17, 15) is 9.59 Å². The molecule has 1 aliphatic heterocycles. The molecule has 1 saturated heterocycles. The van der Waals surface area contributed by atoms with Gasteiger partial charge in [-0.2, -0.15) is 0 Å². The van der Waals surface area contributed by atoms with Crippen molar-refractivity contribution in [2.75, 3.05) is 13.7 Å². The molecular formula is C11H21ClN2O4. The average Bonchev–Trinajstić information content (AvgIpc) is 2.56. The molecule has 2 N–H and O–H groups in total. The summed E-state index contributed by atoms with van der Waals surface area (Å²) >= 11 is 0. The molecule has 6 nitrogen and oxygen atoms in total. The van der Waals surface area contributed by atoms with Crippen LogP contribution < -0.4 is 5.73 Å². The predicted molar refractivity (Wildman–Crippen MR) is 68.6 cm³/mol. The summed E-state index contributed by atoms with van der Waals surface area (Å²) in [4.78, 5) is 24.7. The Balaban J connectivity index is 0.00000289. The number of nitrogens with zero attached hydrogens (tertiary/aromatic N) is 1. The van der Waals surface area contributed by atoms with Gasteiger partial charge in [0.25, 0.3) is 0 Å². The molecule has 0 saturated carbocycles. The topological polar surface area (TPSA) is 81.9 Å². The van der Waals surface area contributed by atoms with Gasteiger partial charge in [-0.25, -0.2) is 9.59 Å². The number of carbonyl (C=O) groups is 2. The highest BCUT2D eigenvalue weighted by molar-refractivity contribution is 5.85. The molecule has 0 radical (unpaired) electrons. The largest absolute Gasteiger partial charge is 0.467 e. The van der Waals surface area contributed by atoms with Crippen LogP contribution in [0.4, 0.5) is 4.79 Å². The molecule has 1 aliphatic rings. The molecule has 0 aromatic rings. The van der Waals surface area contributed by atoms with Crippen LogP contribution in [0.1, 0.15) is 27.2 Å². The van der Waals surface area contributed by atoms with Gasteiger partial charge in [0, 0.05) is 12.6 Å². The molecule has 0 aliphatic carbocycles. The summed E-state index contributed by atoms with van der Waals surface area (Å²) in [6.07, 6.45) is -0.118. The minimum absolute atomic E-state index is 0. The van der Waals surface area contributed by atoms with Crippen molar-refractivity contribution in [3.05, 3.63) is 0 Å². The van der Waals surface area contributed by atoms with Crippen molar-refractivity contribution in [3.63, 3.8) is 0 Å². The molecule has 1 fully saturated rings. The van der Waals surface area contributed by atoms with Gasteiger partial charge in [0.05, 0.1) is 7.11 Å². The molecule has 1 heterocycles. The Morgan fingerprint density at radius 3 is 2.33 bits per heavy atom. The van der Waals surface area contributed by atoms with Gasteiger partial charge in [0.15, 0.2) is 0 Å². The molecule has 106 valence electrons. The Morgan fingerprint density at radius 1 is 1.33 bits per heavy atom. The second kappa shape index (κ2) is 6.24. The Bertz CT molecular complexity index is 317. The first-order valence-corrected chi connectivity index (χ1v) is 5.57. The summed E-state index contributed by atoms with van der Waals surface area (Å²) in [5.41, 5.74) is 5.16. The van der Waals surface area contributed by atoms with E-state index in [-0.39, 0.29) is 18.4 Å². The van der Waals surface area contributed by atoms with Crippen LogP contribution in [0.25, 0.3) is 0 Å². The number of halogens is 1. The second-order valence-electron chi connectivity index (χ2n) is 5.17. The number of carbonyl (C=O) groups excluding carboxylic acids is 2. The number of esters is 1. The smallest absolute Gasteiger partial charge is 0.411 e. The summed E-state index contributed by atoms with van der Waals surface area (Å²) in [5, 5.41) is 0. The van der Waals surface area contributed by atoms with E-state index in [1.165, 1.54) is 12.0 Å². The van der Waals surface area contributed by atoms with Crippen LogP contribution in [0.15, 0.2) is 0 Å². The number of rotatable bonds is 1. The van der Waals surface area contributed by atoms with Gasteiger partial charge >= 0.3 is 12.1 Å². The minimum atomic E-state index is -0.634. The predicted octanol–water partition coefficient (Wildman–Crippen LogP) is 0.918. The van der Waals surface area contributed by atoms with Crippen molar-refractivity contribution >= 4 is 24.5 Å².